The van der Waals surface area contributed by atoms with Gasteiger partial charge < -0.3 is 5.11 Å². The van der Waals surface area contributed by atoms with Gasteiger partial charge in [0.2, 0.25) is 0 Å². The van der Waals surface area contributed by atoms with Crippen LogP contribution in [0.5, 0.6) is 0 Å². The lowest BCUT2D eigenvalue weighted by molar-refractivity contribution is -0.142. The number of carbonyl (C=O) groups is 1. The average molecular weight is 264 g/mol. The van der Waals surface area contributed by atoms with Gasteiger partial charge in [-0.3, -0.25) is 4.79 Å². The van der Waals surface area contributed by atoms with Gasteiger partial charge in [0.15, 0.2) is 0 Å². The van der Waals surface area contributed by atoms with Gasteiger partial charge in [0.1, 0.15) is 0 Å². The van der Waals surface area contributed by atoms with Gasteiger partial charge in [-0.05, 0) is 36.3 Å². The molecular weight excluding hydrogens is 244 g/mol. The van der Waals surface area contributed by atoms with Gasteiger partial charge in [-0.1, -0.05) is 32.0 Å². The van der Waals surface area contributed by atoms with Crippen molar-refractivity contribution in [2.24, 2.45) is 11.8 Å². The van der Waals surface area contributed by atoms with Crippen molar-refractivity contribution < 1.29 is 9.90 Å². The SMILES string of the molecule is CC(C)CC(CC1CSc2ccccc21)C(=O)O. The first-order chi connectivity index (χ1) is 8.58. The zero-order valence-corrected chi connectivity index (χ0v) is 11.7. The molecule has 1 heterocycles. The number of fused-ring (bicyclic) bond motifs is 1. The predicted octanol–water partition coefficient (Wildman–Crippen LogP) is 4.01. The van der Waals surface area contributed by atoms with E-state index in [0.29, 0.717) is 11.8 Å². The first kappa shape index (κ1) is 13.5. The molecule has 0 spiro atoms. The number of benzene rings is 1. The highest BCUT2D eigenvalue weighted by Gasteiger charge is 2.29. The Morgan fingerprint density at radius 2 is 2.17 bits per heavy atom. The van der Waals surface area contributed by atoms with Gasteiger partial charge in [-0.2, -0.15) is 0 Å². The van der Waals surface area contributed by atoms with E-state index >= 15 is 0 Å². The third-order valence-corrected chi connectivity index (χ3v) is 4.72. The summed E-state index contributed by atoms with van der Waals surface area (Å²) in [5.74, 6) is 1.03. The van der Waals surface area contributed by atoms with E-state index in [1.807, 2.05) is 11.8 Å². The number of carboxylic acid groups (broad SMARTS) is 1. The maximum Gasteiger partial charge on any atom is 0.306 e. The summed E-state index contributed by atoms with van der Waals surface area (Å²) >= 11 is 1.86. The number of hydrogen-bond donors (Lipinski definition) is 1. The second-order valence-corrected chi connectivity index (χ2v) is 6.51. The summed E-state index contributed by atoms with van der Waals surface area (Å²) in [7, 11) is 0. The summed E-state index contributed by atoms with van der Waals surface area (Å²) in [5.41, 5.74) is 1.34. The van der Waals surface area contributed by atoms with Crippen molar-refractivity contribution in [1.82, 2.24) is 0 Å². The summed E-state index contributed by atoms with van der Waals surface area (Å²) in [6.45, 7) is 4.18. The van der Waals surface area contributed by atoms with Crippen LogP contribution in [0.2, 0.25) is 0 Å². The van der Waals surface area contributed by atoms with Crippen molar-refractivity contribution in [1.29, 1.82) is 0 Å². The molecule has 2 rings (SSSR count). The molecule has 0 fully saturated rings. The van der Waals surface area contributed by atoms with E-state index in [1.165, 1.54) is 10.5 Å². The topological polar surface area (TPSA) is 37.3 Å². The predicted molar refractivity (Wildman–Crippen MR) is 75.1 cm³/mol. The van der Waals surface area contributed by atoms with Gasteiger partial charge in [0, 0.05) is 10.6 Å². The summed E-state index contributed by atoms with van der Waals surface area (Å²) in [6, 6.07) is 8.39. The molecule has 1 aliphatic heterocycles. The van der Waals surface area contributed by atoms with Crippen LogP contribution >= 0.6 is 11.8 Å². The van der Waals surface area contributed by atoms with Crippen molar-refractivity contribution in [2.75, 3.05) is 5.75 Å². The fourth-order valence-electron chi connectivity index (χ4n) is 2.63. The fraction of sp³-hybridized carbons (Fsp3) is 0.533. The van der Waals surface area contributed by atoms with Crippen LogP contribution in [-0.4, -0.2) is 16.8 Å². The Balaban J connectivity index is 2.07. The van der Waals surface area contributed by atoms with Crippen molar-refractivity contribution in [3.8, 4) is 0 Å². The molecule has 3 heteroatoms. The lowest BCUT2D eigenvalue weighted by Gasteiger charge is -2.19. The van der Waals surface area contributed by atoms with Crippen LogP contribution in [0.25, 0.3) is 0 Å². The Morgan fingerprint density at radius 1 is 1.44 bits per heavy atom. The quantitative estimate of drug-likeness (QED) is 0.873. The average Bonchev–Trinajstić information content (AvgIpc) is 2.71. The van der Waals surface area contributed by atoms with Gasteiger partial charge in [-0.15, -0.1) is 11.8 Å². The number of hydrogen-bond acceptors (Lipinski definition) is 2. The molecule has 2 atom stereocenters. The zero-order chi connectivity index (χ0) is 13.1. The molecule has 2 nitrogen and oxygen atoms in total. The standard InChI is InChI=1S/C15H20O2S/c1-10(2)7-11(15(16)17)8-12-9-18-14-6-4-3-5-13(12)14/h3-6,10-12H,7-9H2,1-2H3,(H,16,17). The van der Waals surface area contributed by atoms with Crippen LogP contribution in [0.4, 0.5) is 0 Å². The number of rotatable bonds is 5. The highest BCUT2D eigenvalue weighted by Crippen LogP contribution is 2.43. The molecule has 0 aliphatic carbocycles. The van der Waals surface area contributed by atoms with Crippen LogP contribution in [-0.2, 0) is 4.79 Å². The fourth-order valence-corrected chi connectivity index (χ4v) is 3.91. The minimum absolute atomic E-state index is 0.207. The molecule has 0 bridgehead atoms. The van der Waals surface area contributed by atoms with Gasteiger partial charge >= 0.3 is 5.97 Å². The van der Waals surface area contributed by atoms with Crippen molar-refractivity contribution in [3.05, 3.63) is 29.8 Å². The van der Waals surface area contributed by atoms with E-state index in [1.54, 1.807) is 0 Å². The lowest BCUT2D eigenvalue weighted by atomic mass is 9.86. The number of carboxylic acids is 1. The Morgan fingerprint density at radius 3 is 2.83 bits per heavy atom. The summed E-state index contributed by atoms with van der Waals surface area (Å²) < 4.78 is 0. The van der Waals surface area contributed by atoms with Crippen LogP contribution in [0.15, 0.2) is 29.2 Å². The molecule has 1 aliphatic rings. The third kappa shape index (κ3) is 3.08. The second kappa shape index (κ2) is 5.79. The molecule has 0 saturated heterocycles. The van der Waals surface area contributed by atoms with Crippen LogP contribution in [0.1, 0.15) is 38.2 Å². The number of thioether (sulfide) groups is 1. The van der Waals surface area contributed by atoms with Crippen molar-refractivity contribution in [2.45, 2.75) is 37.5 Å². The van der Waals surface area contributed by atoms with E-state index < -0.39 is 5.97 Å². The smallest absolute Gasteiger partial charge is 0.306 e. The summed E-state index contributed by atoms with van der Waals surface area (Å²) in [5, 5.41) is 9.32. The first-order valence-corrected chi connectivity index (χ1v) is 7.51. The van der Waals surface area contributed by atoms with Crippen LogP contribution in [0, 0.1) is 11.8 Å². The summed E-state index contributed by atoms with van der Waals surface area (Å²) in [4.78, 5) is 12.7. The molecule has 1 N–H and O–H groups in total. The normalized spacial score (nSPS) is 19.8. The minimum Gasteiger partial charge on any atom is -0.481 e. The summed E-state index contributed by atoms with van der Waals surface area (Å²) in [6.07, 6.45) is 1.55. The van der Waals surface area contributed by atoms with Crippen molar-refractivity contribution in [3.63, 3.8) is 0 Å². The molecule has 18 heavy (non-hydrogen) atoms. The maximum atomic E-state index is 11.3. The molecule has 98 valence electrons. The van der Waals surface area contributed by atoms with E-state index in [9.17, 15) is 9.90 Å². The first-order valence-electron chi connectivity index (χ1n) is 6.52. The van der Waals surface area contributed by atoms with Gasteiger partial charge in [0.25, 0.3) is 0 Å². The van der Waals surface area contributed by atoms with Gasteiger partial charge in [-0.25, -0.2) is 0 Å². The molecule has 1 aromatic rings. The highest BCUT2D eigenvalue weighted by molar-refractivity contribution is 7.99. The lowest BCUT2D eigenvalue weighted by Crippen LogP contribution is -2.19. The zero-order valence-electron chi connectivity index (χ0n) is 10.9. The molecule has 0 aromatic heterocycles. The second-order valence-electron chi connectivity index (χ2n) is 5.45. The van der Waals surface area contributed by atoms with Crippen molar-refractivity contribution >= 4 is 17.7 Å². The molecule has 0 saturated carbocycles. The molecule has 0 amide bonds. The van der Waals surface area contributed by atoms with Crippen LogP contribution < -0.4 is 0 Å². The Kier molecular flexibility index (Phi) is 4.33. The minimum atomic E-state index is -0.641. The van der Waals surface area contributed by atoms with E-state index in [-0.39, 0.29) is 5.92 Å². The monoisotopic (exact) mass is 264 g/mol. The van der Waals surface area contributed by atoms with Crippen LogP contribution in [0.3, 0.4) is 0 Å². The largest absolute Gasteiger partial charge is 0.481 e. The molecule has 0 radical (unpaired) electrons. The van der Waals surface area contributed by atoms with Gasteiger partial charge in [0.05, 0.1) is 5.92 Å². The molecular formula is C15H20O2S. The van der Waals surface area contributed by atoms with E-state index in [4.69, 9.17) is 0 Å². The van der Waals surface area contributed by atoms with E-state index in [2.05, 4.69) is 38.1 Å². The molecule has 1 aromatic carbocycles. The molecule has 2 unspecified atom stereocenters. The third-order valence-electron chi connectivity index (χ3n) is 3.47. The maximum absolute atomic E-state index is 11.3. The highest BCUT2D eigenvalue weighted by atomic mass is 32.2. The Labute approximate surface area is 113 Å². The Hall–Kier alpha value is -0.960. The Bertz CT molecular complexity index is 428. The number of aliphatic carboxylic acids is 1. The van der Waals surface area contributed by atoms with E-state index in [0.717, 1.165) is 18.6 Å².